The lowest BCUT2D eigenvalue weighted by Gasteiger charge is -2.35. The van der Waals surface area contributed by atoms with E-state index in [2.05, 4.69) is 10.1 Å². The number of carbonyl (C=O) groups is 2. The first-order chi connectivity index (χ1) is 11.0. The van der Waals surface area contributed by atoms with Crippen molar-refractivity contribution >= 4 is 29.2 Å². The van der Waals surface area contributed by atoms with Crippen molar-refractivity contribution < 1.29 is 14.3 Å². The van der Waals surface area contributed by atoms with Crippen LogP contribution in [0.2, 0.25) is 5.02 Å². The first-order valence-electron chi connectivity index (χ1n) is 7.87. The van der Waals surface area contributed by atoms with Gasteiger partial charge in [0.05, 0.1) is 17.7 Å². The summed E-state index contributed by atoms with van der Waals surface area (Å²) in [5, 5.41) is 3.09. The number of hydrogen-bond donors (Lipinski definition) is 2. The summed E-state index contributed by atoms with van der Waals surface area (Å²) >= 11 is 6.06. The highest BCUT2D eigenvalue weighted by atomic mass is 35.5. The number of rotatable bonds is 5. The average molecular weight is 339 g/mol. The molecule has 0 bridgehead atoms. The minimum absolute atomic E-state index is 0.0702. The molecule has 6 heteroatoms. The van der Waals surface area contributed by atoms with Crippen molar-refractivity contribution in [1.82, 2.24) is 0 Å². The number of anilines is 1. The minimum Gasteiger partial charge on any atom is -0.465 e. The molecule has 126 valence electrons. The number of halogens is 1. The summed E-state index contributed by atoms with van der Waals surface area (Å²) in [6.45, 7) is 0.530. The molecule has 5 nitrogen and oxygen atoms in total. The number of methoxy groups -OCH3 is 1. The molecule has 23 heavy (non-hydrogen) atoms. The molecule has 1 aromatic rings. The number of ether oxygens (including phenoxy) is 1. The second-order valence-corrected chi connectivity index (χ2v) is 6.58. The van der Waals surface area contributed by atoms with E-state index in [1.165, 1.54) is 13.5 Å². The number of hydrogen-bond acceptors (Lipinski definition) is 4. The molecule has 1 saturated carbocycles. The number of nitrogens with one attached hydrogen (secondary N) is 1. The van der Waals surface area contributed by atoms with Crippen LogP contribution in [0.15, 0.2) is 18.2 Å². The molecule has 0 aromatic heterocycles. The quantitative estimate of drug-likeness (QED) is 0.806. The first-order valence-corrected chi connectivity index (χ1v) is 8.25. The lowest BCUT2D eigenvalue weighted by molar-refractivity contribution is -0.118. The smallest absolute Gasteiger partial charge is 0.339 e. The molecule has 0 saturated heterocycles. The van der Waals surface area contributed by atoms with Crippen molar-refractivity contribution in [2.24, 2.45) is 11.1 Å². The molecule has 0 unspecified atom stereocenters. The Kier molecular flexibility index (Phi) is 6.02. The van der Waals surface area contributed by atoms with Crippen LogP contribution in [0, 0.1) is 5.41 Å². The third kappa shape index (κ3) is 4.45. The van der Waals surface area contributed by atoms with Crippen molar-refractivity contribution in [3.05, 3.63) is 28.8 Å². The van der Waals surface area contributed by atoms with Gasteiger partial charge in [0, 0.05) is 12.1 Å². The van der Waals surface area contributed by atoms with Gasteiger partial charge in [-0.25, -0.2) is 4.79 Å². The third-order valence-corrected chi connectivity index (χ3v) is 4.85. The Balaban J connectivity index is 2.02. The summed E-state index contributed by atoms with van der Waals surface area (Å²) in [4.78, 5) is 23.8. The third-order valence-electron chi connectivity index (χ3n) is 4.54. The minimum atomic E-state index is -0.503. The Labute approximate surface area is 141 Å². The van der Waals surface area contributed by atoms with E-state index in [9.17, 15) is 9.59 Å². The Bertz CT molecular complexity index is 583. The van der Waals surface area contributed by atoms with E-state index in [1.54, 1.807) is 18.2 Å². The van der Waals surface area contributed by atoms with Crippen molar-refractivity contribution in [2.45, 2.75) is 38.5 Å². The van der Waals surface area contributed by atoms with E-state index in [1.807, 2.05) is 0 Å². The first kappa shape index (κ1) is 17.8. The number of nitrogens with two attached hydrogens (primary N) is 1. The molecule has 3 N–H and O–H groups in total. The molecule has 1 aliphatic carbocycles. The summed E-state index contributed by atoms with van der Waals surface area (Å²) in [6.07, 6.45) is 5.89. The number of esters is 1. The van der Waals surface area contributed by atoms with Gasteiger partial charge in [0.1, 0.15) is 0 Å². The van der Waals surface area contributed by atoms with Gasteiger partial charge in [-0.15, -0.1) is 0 Å². The van der Waals surface area contributed by atoms with Gasteiger partial charge in [-0.1, -0.05) is 30.9 Å². The highest BCUT2D eigenvalue weighted by Gasteiger charge is 2.33. The van der Waals surface area contributed by atoms with Crippen molar-refractivity contribution in [2.75, 3.05) is 19.0 Å². The molecular weight excluding hydrogens is 316 g/mol. The zero-order valence-electron chi connectivity index (χ0n) is 13.4. The number of amides is 1. The van der Waals surface area contributed by atoms with Gasteiger partial charge in [0.2, 0.25) is 5.91 Å². The van der Waals surface area contributed by atoms with Crippen LogP contribution in [0.1, 0.15) is 48.9 Å². The predicted octanol–water partition coefficient (Wildman–Crippen LogP) is 3.36. The Morgan fingerprint density at radius 3 is 2.57 bits per heavy atom. The molecule has 0 aliphatic heterocycles. The maximum absolute atomic E-state index is 12.3. The van der Waals surface area contributed by atoms with E-state index in [4.69, 9.17) is 17.3 Å². The van der Waals surface area contributed by atoms with Crippen LogP contribution in [-0.4, -0.2) is 25.5 Å². The Morgan fingerprint density at radius 2 is 2.00 bits per heavy atom. The summed E-state index contributed by atoms with van der Waals surface area (Å²) in [5.74, 6) is -0.573. The topological polar surface area (TPSA) is 81.4 Å². The Morgan fingerprint density at radius 1 is 1.30 bits per heavy atom. The van der Waals surface area contributed by atoms with Crippen LogP contribution in [0.4, 0.5) is 5.69 Å². The van der Waals surface area contributed by atoms with Gasteiger partial charge in [-0.05, 0) is 43.0 Å². The molecule has 1 fully saturated rings. The van der Waals surface area contributed by atoms with Gasteiger partial charge in [0.15, 0.2) is 0 Å². The van der Waals surface area contributed by atoms with Crippen LogP contribution in [0.5, 0.6) is 0 Å². The van der Waals surface area contributed by atoms with Crippen molar-refractivity contribution in [3.63, 3.8) is 0 Å². The highest BCUT2D eigenvalue weighted by Crippen LogP contribution is 2.38. The predicted molar refractivity (Wildman–Crippen MR) is 90.6 cm³/mol. The summed E-state index contributed by atoms with van der Waals surface area (Å²) in [7, 11) is 1.30. The molecule has 1 aliphatic rings. The lowest BCUT2D eigenvalue weighted by Crippen LogP contribution is -2.36. The van der Waals surface area contributed by atoms with Gasteiger partial charge in [-0.2, -0.15) is 0 Å². The van der Waals surface area contributed by atoms with Crippen LogP contribution < -0.4 is 11.1 Å². The normalized spacial score (nSPS) is 16.7. The second-order valence-electron chi connectivity index (χ2n) is 6.18. The van der Waals surface area contributed by atoms with Gasteiger partial charge >= 0.3 is 5.97 Å². The van der Waals surface area contributed by atoms with Gasteiger partial charge < -0.3 is 15.8 Å². The monoisotopic (exact) mass is 338 g/mol. The van der Waals surface area contributed by atoms with E-state index >= 15 is 0 Å². The van der Waals surface area contributed by atoms with Crippen molar-refractivity contribution in [1.29, 1.82) is 0 Å². The van der Waals surface area contributed by atoms with Crippen LogP contribution >= 0.6 is 11.6 Å². The molecule has 0 spiro atoms. The summed E-state index contributed by atoms with van der Waals surface area (Å²) < 4.78 is 4.64. The summed E-state index contributed by atoms with van der Waals surface area (Å²) in [5.41, 5.74) is 6.68. The van der Waals surface area contributed by atoms with E-state index in [-0.39, 0.29) is 21.9 Å². The van der Waals surface area contributed by atoms with Gasteiger partial charge in [0.25, 0.3) is 0 Å². The zero-order chi connectivity index (χ0) is 16.9. The fourth-order valence-corrected chi connectivity index (χ4v) is 3.43. The second kappa shape index (κ2) is 7.79. The fraction of sp³-hybridized carbons (Fsp3) is 0.529. The molecule has 1 aromatic carbocycles. The highest BCUT2D eigenvalue weighted by molar-refractivity contribution is 6.34. The molecular formula is C17H23ClN2O3. The maximum Gasteiger partial charge on any atom is 0.339 e. The standard InChI is InChI=1S/C17H23ClN2O3/c1-23-16(22)13-6-5-12(9-14(13)18)20-15(21)10-17(11-19)7-3-2-4-8-17/h5-6,9H,2-4,7-8,10-11,19H2,1H3,(H,20,21). The van der Waals surface area contributed by atoms with Crippen LogP contribution in [-0.2, 0) is 9.53 Å². The largest absolute Gasteiger partial charge is 0.465 e. The van der Waals surface area contributed by atoms with Gasteiger partial charge in [-0.3, -0.25) is 4.79 Å². The molecule has 1 amide bonds. The number of carbonyl (C=O) groups excluding carboxylic acids is 2. The SMILES string of the molecule is COC(=O)c1ccc(NC(=O)CC2(CN)CCCCC2)cc1Cl. The maximum atomic E-state index is 12.3. The fourth-order valence-electron chi connectivity index (χ4n) is 3.17. The number of benzene rings is 1. The molecule has 2 rings (SSSR count). The van der Waals surface area contributed by atoms with Crippen LogP contribution in [0.25, 0.3) is 0 Å². The molecule has 0 heterocycles. The van der Waals surface area contributed by atoms with E-state index in [0.717, 1.165) is 25.7 Å². The molecule has 0 radical (unpaired) electrons. The van der Waals surface area contributed by atoms with E-state index < -0.39 is 5.97 Å². The van der Waals surface area contributed by atoms with E-state index in [0.29, 0.717) is 18.7 Å². The Hall–Kier alpha value is -1.59. The lowest BCUT2D eigenvalue weighted by atomic mass is 9.71. The zero-order valence-corrected chi connectivity index (χ0v) is 14.1. The molecule has 0 atom stereocenters. The average Bonchev–Trinajstić information content (AvgIpc) is 2.55. The van der Waals surface area contributed by atoms with Crippen molar-refractivity contribution in [3.8, 4) is 0 Å². The van der Waals surface area contributed by atoms with Crippen LogP contribution in [0.3, 0.4) is 0 Å². The summed E-state index contributed by atoms with van der Waals surface area (Å²) in [6, 6.07) is 4.75.